The van der Waals surface area contributed by atoms with Crippen molar-refractivity contribution >= 4 is 5.97 Å². The van der Waals surface area contributed by atoms with Crippen molar-refractivity contribution in [2.75, 3.05) is 0 Å². The monoisotopic (exact) mass is 324 g/mol. The molecule has 0 saturated carbocycles. The second-order valence-electron chi connectivity index (χ2n) is 5.73. The maximum absolute atomic E-state index is 13.1. The fourth-order valence-corrected chi connectivity index (χ4v) is 2.89. The predicted molar refractivity (Wildman–Crippen MR) is 89.5 cm³/mol. The lowest BCUT2D eigenvalue weighted by Crippen LogP contribution is -2.08. The van der Waals surface area contributed by atoms with Crippen LogP contribution in [-0.4, -0.2) is 20.9 Å². The summed E-state index contributed by atoms with van der Waals surface area (Å²) in [7, 11) is 1.63. The molecule has 0 saturated heterocycles. The van der Waals surface area contributed by atoms with Gasteiger partial charge >= 0.3 is 5.97 Å². The van der Waals surface area contributed by atoms with Crippen molar-refractivity contribution < 1.29 is 14.3 Å². The Morgan fingerprint density at radius 1 is 1.17 bits per heavy atom. The highest BCUT2D eigenvalue weighted by molar-refractivity contribution is 5.88. The van der Waals surface area contributed by atoms with Gasteiger partial charge in [-0.25, -0.2) is 9.18 Å². The summed E-state index contributed by atoms with van der Waals surface area (Å²) in [6.45, 7) is 1.81. The molecule has 5 heteroatoms. The van der Waals surface area contributed by atoms with Gasteiger partial charge in [0.15, 0.2) is 0 Å². The van der Waals surface area contributed by atoms with Gasteiger partial charge in [-0.15, -0.1) is 0 Å². The first-order chi connectivity index (χ1) is 11.5. The van der Waals surface area contributed by atoms with E-state index in [2.05, 4.69) is 5.10 Å². The fraction of sp³-hybridized carbons (Fsp3) is 0.158. The number of carboxylic acids is 1. The van der Waals surface area contributed by atoms with Crippen LogP contribution in [0, 0.1) is 12.7 Å². The van der Waals surface area contributed by atoms with Crippen LogP contribution in [0.15, 0.2) is 48.5 Å². The standard InChI is InChI=1S/C19H17FN2O2/c1-12-17(18(19(23)24)22(2)21-12)11-13-4-3-5-15(10-13)14-6-8-16(20)9-7-14/h3-10H,11H2,1-2H3,(H,23,24). The maximum Gasteiger partial charge on any atom is 0.354 e. The topological polar surface area (TPSA) is 55.1 Å². The number of carbonyl (C=O) groups is 1. The quantitative estimate of drug-likeness (QED) is 0.793. The molecule has 1 N–H and O–H groups in total. The molecule has 0 radical (unpaired) electrons. The van der Waals surface area contributed by atoms with Gasteiger partial charge in [-0.2, -0.15) is 5.10 Å². The van der Waals surface area contributed by atoms with Gasteiger partial charge in [0, 0.05) is 19.0 Å². The van der Waals surface area contributed by atoms with E-state index in [9.17, 15) is 14.3 Å². The van der Waals surface area contributed by atoms with Crippen molar-refractivity contribution in [2.45, 2.75) is 13.3 Å². The zero-order valence-corrected chi connectivity index (χ0v) is 13.5. The lowest BCUT2D eigenvalue weighted by molar-refractivity contribution is 0.0684. The van der Waals surface area contributed by atoms with Gasteiger partial charge in [0.25, 0.3) is 0 Å². The Morgan fingerprint density at radius 3 is 2.54 bits per heavy atom. The maximum atomic E-state index is 13.1. The van der Waals surface area contributed by atoms with E-state index in [1.807, 2.05) is 31.2 Å². The molecule has 0 bridgehead atoms. The molecule has 0 fully saturated rings. The molecule has 0 atom stereocenters. The minimum Gasteiger partial charge on any atom is -0.477 e. The largest absolute Gasteiger partial charge is 0.477 e. The first-order valence-electron chi connectivity index (χ1n) is 7.56. The zero-order valence-electron chi connectivity index (χ0n) is 13.5. The molecule has 1 aromatic heterocycles. The summed E-state index contributed by atoms with van der Waals surface area (Å²) in [5.41, 5.74) is 4.49. The molecule has 0 aliphatic rings. The number of halogens is 1. The Kier molecular flexibility index (Phi) is 4.16. The molecular weight excluding hydrogens is 307 g/mol. The summed E-state index contributed by atoms with van der Waals surface area (Å²) in [5, 5.41) is 13.6. The Hall–Kier alpha value is -2.95. The Bertz CT molecular complexity index is 898. The minimum atomic E-state index is -0.984. The van der Waals surface area contributed by atoms with Crippen LogP contribution in [0.25, 0.3) is 11.1 Å². The normalized spacial score (nSPS) is 10.8. The van der Waals surface area contributed by atoms with Crippen molar-refractivity contribution in [2.24, 2.45) is 7.05 Å². The van der Waals surface area contributed by atoms with E-state index in [1.165, 1.54) is 16.8 Å². The summed E-state index contributed by atoms with van der Waals surface area (Å²) in [4.78, 5) is 11.5. The van der Waals surface area contributed by atoms with E-state index in [0.717, 1.165) is 16.7 Å². The second-order valence-corrected chi connectivity index (χ2v) is 5.73. The number of rotatable bonds is 4. The average Bonchev–Trinajstić information content (AvgIpc) is 2.82. The summed E-state index contributed by atoms with van der Waals surface area (Å²) in [5.74, 6) is -1.25. The van der Waals surface area contributed by atoms with Crippen LogP contribution < -0.4 is 0 Å². The molecule has 24 heavy (non-hydrogen) atoms. The molecular formula is C19H17FN2O2. The number of carboxylic acid groups (broad SMARTS) is 1. The van der Waals surface area contributed by atoms with Gasteiger partial charge in [0.2, 0.25) is 0 Å². The average molecular weight is 324 g/mol. The molecule has 122 valence electrons. The van der Waals surface area contributed by atoms with Crippen LogP contribution in [0.2, 0.25) is 0 Å². The highest BCUT2D eigenvalue weighted by Crippen LogP contribution is 2.24. The fourth-order valence-electron chi connectivity index (χ4n) is 2.89. The number of benzene rings is 2. The lowest BCUT2D eigenvalue weighted by Gasteiger charge is -2.07. The summed E-state index contributed by atoms with van der Waals surface area (Å²) >= 11 is 0. The van der Waals surface area contributed by atoms with Gasteiger partial charge < -0.3 is 5.11 Å². The SMILES string of the molecule is Cc1nn(C)c(C(=O)O)c1Cc1cccc(-c2ccc(F)cc2)c1. The van der Waals surface area contributed by atoms with Gasteiger partial charge in [-0.3, -0.25) is 4.68 Å². The number of aromatic carboxylic acids is 1. The van der Waals surface area contributed by atoms with Crippen LogP contribution in [0.3, 0.4) is 0 Å². The molecule has 3 rings (SSSR count). The van der Waals surface area contributed by atoms with Crippen LogP contribution in [0.1, 0.15) is 27.3 Å². The second kappa shape index (κ2) is 6.28. The predicted octanol–water partition coefficient (Wildman–Crippen LogP) is 3.82. The summed E-state index contributed by atoms with van der Waals surface area (Å²) < 4.78 is 14.5. The number of nitrogens with zero attached hydrogens (tertiary/aromatic N) is 2. The van der Waals surface area contributed by atoms with Crippen molar-refractivity contribution in [1.82, 2.24) is 9.78 Å². The van der Waals surface area contributed by atoms with Gasteiger partial charge in [-0.05, 0) is 35.7 Å². The van der Waals surface area contributed by atoms with Gasteiger partial charge in [0.1, 0.15) is 11.5 Å². The van der Waals surface area contributed by atoms with Crippen LogP contribution >= 0.6 is 0 Å². The smallest absolute Gasteiger partial charge is 0.354 e. The molecule has 0 amide bonds. The third-order valence-electron chi connectivity index (χ3n) is 4.03. The number of aromatic nitrogens is 2. The molecule has 2 aromatic carbocycles. The van der Waals surface area contributed by atoms with Gasteiger partial charge in [-0.1, -0.05) is 36.4 Å². The van der Waals surface area contributed by atoms with Gasteiger partial charge in [0.05, 0.1) is 5.69 Å². The third-order valence-corrected chi connectivity index (χ3v) is 4.03. The van der Waals surface area contributed by atoms with E-state index in [-0.39, 0.29) is 11.5 Å². The van der Waals surface area contributed by atoms with E-state index in [4.69, 9.17) is 0 Å². The van der Waals surface area contributed by atoms with Crippen LogP contribution in [0.5, 0.6) is 0 Å². The first-order valence-corrected chi connectivity index (χ1v) is 7.56. The van der Waals surface area contributed by atoms with Crippen LogP contribution in [0.4, 0.5) is 4.39 Å². The van der Waals surface area contributed by atoms with E-state index in [0.29, 0.717) is 17.7 Å². The summed E-state index contributed by atoms with van der Waals surface area (Å²) in [6.07, 6.45) is 0.482. The molecule has 0 unspecified atom stereocenters. The number of aryl methyl sites for hydroxylation is 2. The number of hydrogen-bond acceptors (Lipinski definition) is 2. The van der Waals surface area contributed by atoms with Crippen molar-refractivity contribution in [3.8, 4) is 11.1 Å². The Labute approximate surface area is 139 Å². The van der Waals surface area contributed by atoms with Crippen LogP contribution in [-0.2, 0) is 13.5 Å². The highest BCUT2D eigenvalue weighted by Gasteiger charge is 2.19. The molecule has 1 heterocycles. The first kappa shape index (κ1) is 15.9. The highest BCUT2D eigenvalue weighted by atomic mass is 19.1. The third kappa shape index (κ3) is 3.06. The molecule has 0 spiro atoms. The lowest BCUT2D eigenvalue weighted by atomic mass is 9.98. The summed E-state index contributed by atoms with van der Waals surface area (Å²) in [6, 6.07) is 14.1. The van der Waals surface area contributed by atoms with Crippen molar-refractivity contribution in [3.63, 3.8) is 0 Å². The molecule has 0 aliphatic heterocycles. The molecule has 4 nitrogen and oxygen atoms in total. The van der Waals surface area contributed by atoms with Crippen molar-refractivity contribution in [3.05, 3.63) is 76.9 Å². The minimum absolute atomic E-state index is 0.208. The van der Waals surface area contributed by atoms with Crippen molar-refractivity contribution in [1.29, 1.82) is 0 Å². The van der Waals surface area contributed by atoms with E-state index in [1.54, 1.807) is 19.2 Å². The molecule has 0 aliphatic carbocycles. The molecule has 3 aromatic rings. The van der Waals surface area contributed by atoms with E-state index >= 15 is 0 Å². The van der Waals surface area contributed by atoms with E-state index < -0.39 is 5.97 Å². The number of hydrogen-bond donors (Lipinski definition) is 1. The zero-order chi connectivity index (χ0) is 17.3. The Balaban J connectivity index is 1.96. The Morgan fingerprint density at radius 2 is 1.88 bits per heavy atom.